The summed E-state index contributed by atoms with van der Waals surface area (Å²) in [5, 5.41) is 8.83. The summed E-state index contributed by atoms with van der Waals surface area (Å²) in [6.07, 6.45) is 4.89. The maximum absolute atomic E-state index is 12.4. The molecule has 3 heterocycles. The Bertz CT molecular complexity index is 875. The number of carbonyl (C=O) groups is 1. The normalized spacial score (nSPS) is 12.6. The number of carbonyl (C=O) groups excluding carboxylic acids is 1. The number of nitrogens with zero attached hydrogens (tertiary/aromatic N) is 5. The quantitative estimate of drug-likeness (QED) is 0.444. The van der Waals surface area contributed by atoms with Gasteiger partial charge in [0.15, 0.2) is 5.65 Å². The van der Waals surface area contributed by atoms with E-state index in [9.17, 15) is 4.79 Å². The van der Waals surface area contributed by atoms with Gasteiger partial charge >= 0.3 is 0 Å². The lowest BCUT2D eigenvalue weighted by molar-refractivity contribution is -0.118. The highest BCUT2D eigenvalue weighted by Gasteiger charge is 2.21. The number of thioether (sulfide) groups is 1. The van der Waals surface area contributed by atoms with Crippen molar-refractivity contribution in [2.24, 2.45) is 7.05 Å². The van der Waals surface area contributed by atoms with Gasteiger partial charge in [-0.3, -0.25) is 14.4 Å². The number of hydrogen-bond acceptors (Lipinski definition) is 7. The van der Waals surface area contributed by atoms with Gasteiger partial charge < -0.3 is 9.73 Å². The standard InChI is InChI=1S/C18H24N6O2S/c1-4-24(5-2)14(15-7-6-8-26-15)10-19-16(25)11-27-18-13-9-22-23(3)17(13)20-12-21-18/h6-9,12,14H,4-5,10-11H2,1-3H3,(H,19,25)/t14-/m0/s1. The molecular weight excluding hydrogens is 364 g/mol. The lowest BCUT2D eigenvalue weighted by Gasteiger charge is -2.28. The van der Waals surface area contributed by atoms with Crippen molar-refractivity contribution >= 4 is 28.7 Å². The van der Waals surface area contributed by atoms with Crippen LogP contribution in [0.5, 0.6) is 0 Å². The van der Waals surface area contributed by atoms with Gasteiger partial charge in [-0.15, -0.1) is 0 Å². The zero-order valence-corrected chi connectivity index (χ0v) is 16.6. The topological polar surface area (TPSA) is 89.1 Å². The monoisotopic (exact) mass is 388 g/mol. The van der Waals surface area contributed by atoms with Crippen LogP contribution < -0.4 is 5.32 Å². The summed E-state index contributed by atoms with van der Waals surface area (Å²) in [6, 6.07) is 3.84. The van der Waals surface area contributed by atoms with Crippen LogP contribution in [0.3, 0.4) is 0 Å². The number of furan rings is 1. The molecule has 3 rings (SSSR count). The van der Waals surface area contributed by atoms with E-state index in [1.165, 1.54) is 18.1 Å². The van der Waals surface area contributed by atoms with E-state index in [4.69, 9.17) is 4.42 Å². The fraction of sp³-hybridized carbons (Fsp3) is 0.444. The third kappa shape index (κ3) is 4.48. The summed E-state index contributed by atoms with van der Waals surface area (Å²) >= 11 is 1.39. The number of nitrogens with one attached hydrogen (secondary N) is 1. The van der Waals surface area contributed by atoms with E-state index in [0.29, 0.717) is 6.54 Å². The molecule has 3 aromatic rings. The third-order valence-electron chi connectivity index (χ3n) is 4.45. The summed E-state index contributed by atoms with van der Waals surface area (Å²) in [5.41, 5.74) is 0.757. The number of likely N-dealkylation sites (N-methyl/N-ethyl adjacent to an activating group) is 1. The van der Waals surface area contributed by atoms with E-state index >= 15 is 0 Å². The highest BCUT2D eigenvalue weighted by Crippen LogP contribution is 2.24. The Morgan fingerprint density at radius 2 is 2.19 bits per heavy atom. The molecule has 0 radical (unpaired) electrons. The first-order chi connectivity index (χ1) is 13.1. The molecule has 3 aromatic heterocycles. The molecule has 1 N–H and O–H groups in total. The van der Waals surface area contributed by atoms with Crippen molar-refractivity contribution in [1.82, 2.24) is 30.0 Å². The first-order valence-corrected chi connectivity index (χ1v) is 9.92. The summed E-state index contributed by atoms with van der Waals surface area (Å²) in [7, 11) is 1.83. The largest absolute Gasteiger partial charge is 0.468 e. The lowest BCUT2D eigenvalue weighted by Crippen LogP contribution is -2.38. The number of fused-ring (bicyclic) bond motifs is 1. The molecule has 144 valence electrons. The molecule has 1 amide bonds. The second-order valence-electron chi connectivity index (χ2n) is 6.03. The van der Waals surface area contributed by atoms with Gasteiger partial charge in [0, 0.05) is 13.6 Å². The molecular formula is C18H24N6O2S. The van der Waals surface area contributed by atoms with E-state index < -0.39 is 0 Å². The Hall–Kier alpha value is -2.39. The van der Waals surface area contributed by atoms with E-state index in [-0.39, 0.29) is 17.7 Å². The van der Waals surface area contributed by atoms with Gasteiger partial charge in [0.05, 0.1) is 29.6 Å². The van der Waals surface area contributed by atoms with E-state index in [1.54, 1.807) is 17.1 Å². The molecule has 0 saturated heterocycles. The Morgan fingerprint density at radius 3 is 2.89 bits per heavy atom. The second-order valence-corrected chi connectivity index (χ2v) is 6.99. The Balaban J connectivity index is 1.59. The van der Waals surface area contributed by atoms with E-state index in [0.717, 1.165) is 34.9 Å². The number of hydrogen-bond donors (Lipinski definition) is 1. The number of rotatable bonds is 9. The molecule has 0 bridgehead atoms. The zero-order valence-electron chi connectivity index (χ0n) is 15.8. The molecule has 0 fully saturated rings. The van der Waals surface area contributed by atoms with Crippen LogP contribution in [-0.4, -0.2) is 55.9 Å². The summed E-state index contributed by atoms with van der Waals surface area (Å²) < 4.78 is 7.26. The van der Waals surface area contributed by atoms with Crippen LogP contribution in [0.15, 0.2) is 40.4 Å². The van der Waals surface area contributed by atoms with Crippen molar-refractivity contribution in [3.8, 4) is 0 Å². The first-order valence-electron chi connectivity index (χ1n) is 8.93. The first kappa shape index (κ1) is 19.4. The van der Waals surface area contributed by atoms with Gasteiger partial charge in [-0.1, -0.05) is 25.6 Å². The predicted molar refractivity (Wildman–Crippen MR) is 104 cm³/mol. The molecule has 0 spiro atoms. The van der Waals surface area contributed by atoms with Gasteiger partial charge in [0.25, 0.3) is 0 Å². The van der Waals surface area contributed by atoms with E-state index in [1.807, 2.05) is 19.2 Å². The van der Waals surface area contributed by atoms with E-state index in [2.05, 4.69) is 39.1 Å². The fourth-order valence-electron chi connectivity index (χ4n) is 3.01. The minimum Gasteiger partial charge on any atom is -0.468 e. The minimum absolute atomic E-state index is 0.0213. The third-order valence-corrected chi connectivity index (χ3v) is 5.46. The molecule has 0 aliphatic rings. The SMILES string of the molecule is CCN(CC)[C@@H](CNC(=O)CSc1ncnc2c1cnn2C)c1ccco1. The average molecular weight is 388 g/mol. The fourth-order valence-corrected chi connectivity index (χ4v) is 3.80. The molecule has 8 nitrogen and oxygen atoms in total. The van der Waals surface area contributed by atoms with Gasteiger partial charge in [0.1, 0.15) is 17.1 Å². The van der Waals surface area contributed by atoms with Crippen LogP contribution in [0.2, 0.25) is 0 Å². The molecule has 0 aliphatic heterocycles. The molecule has 0 aliphatic carbocycles. The van der Waals surface area contributed by atoms with Crippen LogP contribution in [-0.2, 0) is 11.8 Å². The Labute approximate surface area is 162 Å². The number of aromatic nitrogens is 4. The van der Waals surface area contributed by atoms with Gasteiger partial charge in [-0.05, 0) is 25.2 Å². The van der Waals surface area contributed by atoms with Crippen molar-refractivity contribution in [2.75, 3.05) is 25.4 Å². The molecule has 1 atom stereocenters. The maximum Gasteiger partial charge on any atom is 0.230 e. The summed E-state index contributed by atoms with van der Waals surface area (Å²) in [4.78, 5) is 23.1. The van der Waals surface area contributed by atoms with Crippen molar-refractivity contribution in [2.45, 2.75) is 24.9 Å². The summed E-state index contributed by atoms with van der Waals surface area (Å²) in [5.74, 6) is 1.10. The van der Waals surface area contributed by atoms with Crippen LogP contribution >= 0.6 is 11.8 Å². The van der Waals surface area contributed by atoms with Gasteiger partial charge in [-0.2, -0.15) is 5.10 Å². The van der Waals surface area contributed by atoms with Crippen LogP contribution in [0.4, 0.5) is 0 Å². The number of amides is 1. The molecule has 0 aromatic carbocycles. The average Bonchev–Trinajstić information content (AvgIpc) is 3.34. The molecule has 27 heavy (non-hydrogen) atoms. The van der Waals surface area contributed by atoms with Crippen molar-refractivity contribution in [3.63, 3.8) is 0 Å². The van der Waals surface area contributed by atoms with Crippen molar-refractivity contribution in [3.05, 3.63) is 36.7 Å². The Kier molecular flexibility index (Phi) is 6.46. The van der Waals surface area contributed by atoms with Gasteiger partial charge in [-0.25, -0.2) is 9.97 Å². The molecule has 9 heteroatoms. The number of aryl methyl sites for hydroxylation is 1. The highest BCUT2D eigenvalue weighted by molar-refractivity contribution is 8.00. The summed E-state index contributed by atoms with van der Waals surface area (Å²) in [6.45, 7) is 6.47. The zero-order chi connectivity index (χ0) is 19.2. The highest BCUT2D eigenvalue weighted by atomic mass is 32.2. The van der Waals surface area contributed by atoms with Crippen LogP contribution in [0.25, 0.3) is 11.0 Å². The van der Waals surface area contributed by atoms with Crippen LogP contribution in [0.1, 0.15) is 25.6 Å². The Morgan fingerprint density at radius 1 is 1.37 bits per heavy atom. The second kappa shape index (κ2) is 9.01. The van der Waals surface area contributed by atoms with Crippen LogP contribution in [0, 0.1) is 0 Å². The van der Waals surface area contributed by atoms with Crippen molar-refractivity contribution in [1.29, 1.82) is 0 Å². The molecule has 0 unspecified atom stereocenters. The minimum atomic E-state index is -0.0423. The lowest BCUT2D eigenvalue weighted by atomic mass is 10.2. The predicted octanol–water partition coefficient (Wildman–Crippen LogP) is 2.25. The van der Waals surface area contributed by atoms with Crippen molar-refractivity contribution < 1.29 is 9.21 Å². The van der Waals surface area contributed by atoms with Gasteiger partial charge in [0.2, 0.25) is 5.91 Å². The maximum atomic E-state index is 12.4. The smallest absolute Gasteiger partial charge is 0.230 e. The molecule has 0 saturated carbocycles.